The van der Waals surface area contributed by atoms with Crippen molar-refractivity contribution in [3.8, 4) is 22.8 Å². The van der Waals surface area contributed by atoms with Crippen LogP contribution in [-0.2, 0) is 0 Å². The number of furan rings is 1. The first-order chi connectivity index (χ1) is 16.2. The third-order valence-electron chi connectivity index (χ3n) is 6.00. The number of nitrogens with one attached hydrogen (secondary N) is 1. The van der Waals surface area contributed by atoms with Crippen LogP contribution in [0.25, 0.3) is 22.8 Å². The minimum atomic E-state index is -0.309. The molecule has 7 heteroatoms. The van der Waals surface area contributed by atoms with Gasteiger partial charge in [-0.05, 0) is 73.9 Å². The van der Waals surface area contributed by atoms with Gasteiger partial charge in [0.2, 0.25) is 5.82 Å². The number of carbonyl (C=O) groups excluding carboxylic acids is 1. The number of carbonyl (C=O) groups is 1. The molecule has 1 saturated heterocycles. The van der Waals surface area contributed by atoms with Crippen LogP contribution >= 0.6 is 0 Å². The molecule has 0 spiro atoms. The molecule has 1 N–H and O–H groups in total. The Bertz CT molecular complexity index is 1220. The number of hydrogen-bond acceptors (Lipinski definition) is 6. The quantitative estimate of drug-likeness (QED) is 0.412. The van der Waals surface area contributed by atoms with E-state index in [1.54, 1.807) is 12.1 Å². The van der Waals surface area contributed by atoms with E-state index in [2.05, 4.69) is 32.5 Å². The summed E-state index contributed by atoms with van der Waals surface area (Å²) in [5.41, 5.74) is 4.45. The Balaban J connectivity index is 1.33. The summed E-state index contributed by atoms with van der Waals surface area (Å²) in [4.78, 5) is 19.4. The molecule has 0 saturated carbocycles. The third-order valence-corrected chi connectivity index (χ3v) is 6.00. The van der Waals surface area contributed by atoms with Crippen molar-refractivity contribution in [1.29, 1.82) is 0 Å². The van der Waals surface area contributed by atoms with Gasteiger partial charge in [0.1, 0.15) is 0 Å². The number of aryl methyl sites for hydroxylation is 1. The van der Waals surface area contributed by atoms with Crippen LogP contribution in [0.1, 0.15) is 41.8 Å². The number of amides is 1. The first-order valence-electron chi connectivity index (χ1n) is 11.3. The molecule has 0 radical (unpaired) electrons. The number of hydrogen-bond donors (Lipinski definition) is 1. The van der Waals surface area contributed by atoms with Gasteiger partial charge >= 0.3 is 0 Å². The summed E-state index contributed by atoms with van der Waals surface area (Å²) in [5, 5.41) is 7.05. The molecule has 1 fully saturated rings. The predicted octanol–water partition coefficient (Wildman–Crippen LogP) is 5.94. The van der Waals surface area contributed by atoms with E-state index < -0.39 is 0 Å². The van der Waals surface area contributed by atoms with Crippen molar-refractivity contribution in [1.82, 2.24) is 10.1 Å². The van der Waals surface area contributed by atoms with E-state index in [0.717, 1.165) is 29.8 Å². The fourth-order valence-electron chi connectivity index (χ4n) is 4.09. The molecule has 2 aromatic carbocycles. The fraction of sp³-hybridized carbons (Fsp3) is 0.269. The van der Waals surface area contributed by atoms with Gasteiger partial charge in [-0.1, -0.05) is 24.1 Å². The molecule has 5 rings (SSSR count). The van der Waals surface area contributed by atoms with Crippen LogP contribution in [0.4, 0.5) is 11.4 Å². The summed E-state index contributed by atoms with van der Waals surface area (Å²) in [6, 6.07) is 17.3. The fourth-order valence-corrected chi connectivity index (χ4v) is 4.09. The standard InChI is InChI=1S/C26H26N4O3/c1-18-8-9-20(17-22(18)27-25(31)23-7-6-16-32-23)26-28-24(29-33-26)19-10-12-21(13-11-19)30-14-4-2-3-5-15-30/h6-13,16-17H,2-5,14-15H2,1H3,(H,27,31). The second-order valence-corrected chi connectivity index (χ2v) is 8.33. The van der Waals surface area contributed by atoms with Gasteiger partial charge in [0, 0.05) is 35.6 Å². The van der Waals surface area contributed by atoms with E-state index >= 15 is 0 Å². The SMILES string of the molecule is Cc1ccc(-c2nc(-c3ccc(N4CCCCCC4)cc3)no2)cc1NC(=O)c1ccco1. The molecule has 33 heavy (non-hydrogen) atoms. The van der Waals surface area contributed by atoms with Crippen molar-refractivity contribution in [3.63, 3.8) is 0 Å². The average molecular weight is 443 g/mol. The van der Waals surface area contributed by atoms with Crippen LogP contribution in [0.2, 0.25) is 0 Å². The normalized spacial score (nSPS) is 14.2. The summed E-state index contributed by atoms with van der Waals surface area (Å²) < 4.78 is 10.7. The van der Waals surface area contributed by atoms with Crippen LogP contribution < -0.4 is 10.2 Å². The molecule has 0 bridgehead atoms. The van der Waals surface area contributed by atoms with Crippen molar-refractivity contribution in [3.05, 3.63) is 72.2 Å². The maximum absolute atomic E-state index is 12.4. The smallest absolute Gasteiger partial charge is 0.291 e. The van der Waals surface area contributed by atoms with Crippen molar-refractivity contribution < 1.29 is 13.7 Å². The molecule has 168 valence electrons. The number of nitrogens with zero attached hydrogens (tertiary/aromatic N) is 3. The van der Waals surface area contributed by atoms with E-state index in [1.807, 2.05) is 37.3 Å². The zero-order chi connectivity index (χ0) is 22.6. The van der Waals surface area contributed by atoms with Crippen molar-refractivity contribution in [2.75, 3.05) is 23.3 Å². The zero-order valence-corrected chi connectivity index (χ0v) is 18.6. The number of rotatable bonds is 5. The topological polar surface area (TPSA) is 84.4 Å². The lowest BCUT2D eigenvalue weighted by atomic mass is 10.1. The zero-order valence-electron chi connectivity index (χ0n) is 18.6. The lowest BCUT2D eigenvalue weighted by Gasteiger charge is -2.22. The molecule has 1 aliphatic heterocycles. The van der Waals surface area contributed by atoms with Crippen molar-refractivity contribution >= 4 is 17.3 Å². The molecule has 0 unspecified atom stereocenters. The van der Waals surface area contributed by atoms with Crippen molar-refractivity contribution in [2.45, 2.75) is 32.6 Å². The third kappa shape index (κ3) is 4.67. The molecule has 1 amide bonds. The highest BCUT2D eigenvalue weighted by molar-refractivity contribution is 6.02. The van der Waals surface area contributed by atoms with E-state index in [9.17, 15) is 4.79 Å². The monoisotopic (exact) mass is 442 g/mol. The van der Waals surface area contributed by atoms with E-state index in [-0.39, 0.29) is 11.7 Å². The lowest BCUT2D eigenvalue weighted by molar-refractivity contribution is 0.0996. The van der Waals surface area contributed by atoms with E-state index in [1.165, 1.54) is 37.6 Å². The van der Waals surface area contributed by atoms with E-state index in [0.29, 0.717) is 17.4 Å². The van der Waals surface area contributed by atoms with Crippen molar-refractivity contribution in [2.24, 2.45) is 0 Å². The van der Waals surface area contributed by atoms with Crippen LogP contribution in [0.15, 0.2) is 69.8 Å². The molecule has 1 aliphatic rings. The summed E-state index contributed by atoms with van der Waals surface area (Å²) in [7, 11) is 0. The minimum Gasteiger partial charge on any atom is -0.459 e. The molecule has 7 nitrogen and oxygen atoms in total. The Morgan fingerprint density at radius 2 is 1.73 bits per heavy atom. The molecule has 3 heterocycles. The van der Waals surface area contributed by atoms with Gasteiger partial charge in [-0.3, -0.25) is 4.79 Å². The molecule has 2 aromatic heterocycles. The second kappa shape index (κ2) is 9.32. The summed E-state index contributed by atoms with van der Waals surface area (Å²) in [6.07, 6.45) is 6.59. The van der Waals surface area contributed by atoms with Gasteiger partial charge in [0.25, 0.3) is 11.8 Å². The number of benzene rings is 2. The maximum Gasteiger partial charge on any atom is 0.291 e. The van der Waals surface area contributed by atoms with Gasteiger partial charge in [-0.2, -0.15) is 4.98 Å². The summed E-state index contributed by atoms with van der Waals surface area (Å²) in [6.45, 7) is 4.14. The van der Waals surface area contributed by atoms with Crippen LogP contribution in [-0.4, -0.2) is 29.1 Å². The molecule has 0 atom stereocenters. The predicted molar refractivity (Wildman–Crippen MR) is 127 cm³/mol. The first-order valence-corrected chi connectivity index (χ1v) is 11.3. The van der Waals surface area contributed by atoms with Crippen LogP contribution in [0.5, 0.6) is 0 Å². The Morgan fingerprint density at radius 3 is 2.45 bits per heavy atom. The van der Waals surface area contributed by atoms with Gasteiger partial charge in [0.05, 0.1) is 6.26 Å². The van der Waals surface area contributed by atoms with Gasteiger partial charge in [-0.25, -0.2) is 0 Å². The largest absolute Gasteiger partial charge is 0.459 e. The molecule has 0 aliphatic carbocycles. The van der Waals surface area contributed by atoms with Gasteiger partial charge < -0.3 is 19.2 Å². The number of aromatic nitrogens is 2. The van der Waals surface area contributed by atoms with Gasteiger partial charge in [-0.15, -0.1) is 0 Å². The first kappa shape index (κ1) is 21.0. The Labute approximate surface area is 192 Å². The van der Waals surface area contributed by atoms with Crippen LogP contribution in [0, 0.1) is 6.92 Å². The Morgan fingerprint density at radius 1 is 0.970 bits per heavy atom. The average Bonchev–Trinajstić information content (AvgIpc) is 3.49. The molecular formula is C26H26N4O3. The summed E-state index contributed by atoms with van der Waals surface area (Å²) >= 11 is 0. The molecule has 4 aromatic rings. The minimum absolute atomic E-state index is 0.253. The molecular weight excluding hydrogens is 416 g/mol. The summed E-state index contributed by atoms with van der Waals surface area (Å²) in [5.74, 6) is 0.878. The highest BCUT2D eigenvalue weighted by Gasteiger charge is 2.15. The maximum atomic E-state index is 12.4. The van der Waals surface area contributed by atoms with Gasteiger partial charge in [0.15, 0.2) is 5.76 Å². The number of anilines is 2. The Kier molecular flexibility index (Phi) is 5.93. The van der Waals surface area contributed by atoms with E-state index in [4.69, 9.17) is 8.94 Å². The highest BCUT2D eigenvalue weighted by Crippen LogP contribution is 2.28. The van der Waals surface area contributed by atoms with Crippen LogP contribution in [0.3, 0.4) is 0 Å². The second-order valence-electron chi connectivity index (χ2n) is 8.33. The highest BCUT2D eigenvalue weighted by atomic mass is 16.5. The Hall–Kier alpha value is -3.87. The lowest BCUT2D eigenvalue weighted by Crippen LogP contribution is -2.23.